The summed E-state index contributed by atoms with van der Waals surface area (Å²) in [5.74, 6) is 0.338. The average Bonchev–Trinajstić information content (AvgIpc) is 3.06. The molecule has 1 saturated carbocycles. The van der Waals surface area contributed by atoms with E-state index in [9.17, 15) is 4.79 Å². The smallest absolute Gasteiger partial charge is 0.257 e. The Morgan fingerprint density at radius 2 is 2.19 bits per heavy atom. The van der Waals surface area contributed by atoms with Crippen molar-refractivity contribution in [2.24, 2.45) is 0 Å². The highest BCUT2D eigenvalue weighted by molar-refractivity contribution is 9.10. The van der Waals surface area contributed by atoms with E-state index in [1.165, 1.54) is 17.4 Å². The number of carbonyl (C=O) groups excluding carboxylic acids is 1. The normalized spacial score (nSPS) is 20.3. The van der Waals surface area contributed by atoms with Crippen LogP contribution in [-0.4, -0.2) is 11.1 Å². The van der Waals surface area contributed by atoms with Gasteiger partial charge in [-0.25, -0.2) is 0 Å². The van der Waals surface area contributed by atoms with E-state index in [0.717, 1.165) is 35.8 Å². The molecule has 108 valence electrons. The second-order valence-electron chi connectivity index (χ2n) is 5.76. The third-order valence-electron chi connectivity index (χ3n) is 4.33. The minimum absolute atomic E-state index is 0.0732. The summed E-state index contributed by atoms with van der Waals surface area (Å²) in [6.45, 7) is 0. The molecular formula is C16H15BrN2O2. The first-order chi connectivity index (χ1) is 10.2. The number of nitrogens with one attached hydrogen (secondary N) is 1. The van der Waals surface area contributed by atoms with Crippen molar-refractivity contribution < 1.29 is 9.32 Å². The number of hydrogen-bond donors (Lipinski definition) is 1. The maximum atomic E-state index is 12.5. The van der Waals surface area contributed by atoms with Crippen molar-refractivity contribution in [1.29, 1.82) is 0 Å². The number of rotatable bonds is 3. The number of halogens is 1. The zero-order valence-electron chi connectivity index (χ0n) is 11.4. The molecule has 2 aliphatic carbocycles. The van der Waals surface area contributed by atoms with Gasteiger partial charge >= 0.3 is 0 Å². The number of carbonyl (C=O) groups is 1. The van der Waals surface area contributed by atoms with E-state index in [0.29, 0.717) is 11.5 Å². The topological polar surface area (TPSA) is 55.1 Å². The highest BCUT2D eigenvalue weighted by Crippen LogP contribution is 2.41. The van der Waals surface area contributed by atoms with Crippen LogP contribution >= 0.6 is 15.9 Å². The molecule has 0 bridgehead atoms. The van der Waals surface area contributed by atoms with Gasteiger partial charge in [0.05, 0.1) is 11.7 Å². The maximum absolute atomic E-state index is 12.5. The molecule has 0 saturated heterocycles. The number of nitrogens with zero attached hydrogens (tertiary/aromatic N) is 1. The van der Waals surface area contributed by atoms with Gasteiger partial charge in [-0.2, -0.15) is 0 Å². The Bertz CT molecular complexity index is 706. The van der Waals surface area contributed by atoms with Gasteiger partial charge in [-0.3, -0.25) is 4.79 Å². The largest absolute Gasteiger partial charge is 0.364 e. The van der Waals surface area contributed by atoms with Crippen molar-refractivity contribution in [2.75, 3.05) is 0 Å². The lowest BCUT2D eigenvalue weighted by molar-refractivity contribution is 0.0935. The van der Waals surface area contributed by atoms with Crippen molar-refractivity contribution in [1.82, 2.24) is 10.5 Å². The van der Waals surface area contributed by atoms with Crippen LogP contribution in [-0.2, 0) is 6.42 Å². The standard InChI is InChI=1S/C16H15BrN2O2/c17-13-3-1-2-11-10(13)6-7-14(11)18-16(20)12-8-21-19-15(12)9-4-5-9/h1-3,8-9,14H,4-7H2,(H,18,20). The number of fused-ring (bicyclic) bond motifs is 1. The maximum Gasteiger partial charge on any atom is 0.257 e. The molecule has 5 heteroatoms. The van der Waals surface area contributed by atoms with Gasteiger partial charge in [-0.15, -0.1) is 0 Å². The zero-order valence-corrected chi connectivity index (χ0v) is 13.0. The molecule has 1 amide bonds. The van der Waals surface area contributed by atoms with Crippen LogP contribution in [0.25, 0.3) is 0 Å². The molecule has 1 unspecified atom stereocenters. The quantitative estimate of drug-likeness (QED) is 0.920. The lowest BCUT2D eigenvalue weighted by atomic mass is 10.1. The number of aromatic nitrogens is 1. The highest BCUT2D eigenvalue weighted by Gasteiger charge is 2.33. The van der Waals surface area contributed by atoms with E-state index in [1.54, 1.807) is 0 Å². The molecule has 1 heterocycles. The molecule has 4 nitrogen and oxygen atoms in total. The third kappa shape index (κ3) is 2.29. The second kappa shape index (κ2) is 4.98. The van der Waals surface area contributed by atoms with E-state index in [-0.39, 0.29) is 11.9 Å². The molecule has 1 atom stereocenters. The first kappa shape index (κ1) is 13.1. The predicted octanol–water partition coefficient (Wildman–Crippen LogP) is 3.73. The van der Waals surface area contributed by atoms with Gasteiger partial charge in [0.25, 0.3) is 5.91 Å². The van der Waals surface area contributed by atoms with Crippen molar-refractivity contribution in [3.63, 3.8) is 0 Å². The van der Waals surface area contributed by atoms with Crippen LogP contribution in [0.5, 0.6) is 0 Å². The van der Waals surface area contributed by atoms with E-state index >= 15 is 0 Å². The molecule has 1 fully saturated rings. The van der Waals surface area contributed by atoms with Crippen molar-refractivity contribution in [3.05, 3.63) is 51.3 Å². The van der Waals surface area contributed by atoms with Gasteiger partial charge in [0.1, 0.15) is 11.8 Å². The summed E-state index contributed by atoms with van der Waals surface area (Å²) in [7, 11) is 0. The fourth-order valence-electron chi connectivity index (χ4n) is 3.06. The summed E-state index contributed by atoms with van der Waals surface area (Å²) in [6, 6.07) is 6.23. The molecule has 2 aliphatic rings. The van der Waals surface area contributed by atoms with Crippen LogP contribution in [0.4, 0.5) is 0 Å². The van der Waals surface area contributed by atoms with Gasteiger partial charge in [-0.05, 0) is 42.9 Å². The first-order valence-electron chi connectivity index (χ1n) is 7.26. The van der Waals surface area contributed by atoms with Gasteiger partial charge in [0, 0.05) is 10.4 Å². The lowest BCUT2D eigenvalue weighted by Crippen LogP contribution is -2.27. The molecule has 1 N–H and O–H groups in total. The Labute approximate surface area is 131 Å². The average molecular weight is 347 g/mol. The summed E-state index contributed by atoms with van der Waals surface area (Å²) in [6.07, 6.45) is 5.60. The van der Waals surface area contributed by atoms with Crippen molar-refractivity contribution in [2.45, 2.75) is 37.6 Å². The molecule has 0 aliphatic heterocycles. The SMILES string of the molecule is O=C(NC1CCc2c(Br)cccc21)c1conc1C1CC1. The second-order valence-corrected chi connectivity index (χ2v) is 6.61. The fraction of sp³-hybridized carbons (Fsp3) is 0.375. The monoisotopic (exact) mass is 346 g/mol. The van der Waals surface area contributed by atoms with Crippen LogP contribution in [0.1, 0.15) is 58.4 Å². The van der Waals surface area contributed by atoms with Crippen LogP contribution in [0.3, 0.4) is 0 Å². The Morgan fingerprint density at radius 3 is 3.00 bits per heavy atom. The molecule has 0 radical (unpaired) electrons. The van der Waals surface area contributed by atoms with E-state index in [2.05, 4.69) is 32.5 Å². The number of hydrogen-bond acceptors (Lipinski definition) is 3. The number of amides is 1. The summed E-state index contributed by atoms with van der Waals surface area (Å²) in [5, 5.41) is 7.12. The van der Waals surface area contributed by atoms with E-state index in [4.69, 9.17) is 4.52 Å². The highest BCUT2D eigenvalue weighted by atomic mass is 79.9. The fourth-order valence-corrected chi connectivity index (χ4v) is 3.64. The Hall–Kier alpha value is -1.62. The number of benzene rings is 1. The third-order valence-corrected chi connectivity index (χ3v) is 5.07. The van der Waals surface area contributed by atoms with E-state index < -0.39 is 0 Å². The molecule has 21 heavy (non-hydrogen) atoms. The predicted molar refractivity (Wildman–Crippen MR) is 81.1 cm³/mol. The van der Waals surface area contributed by atoms with Gasteiger partial charge in [-0.1, -0.05) is 33.2 Å². The summed E-state index contributed by atoms with van der Waals surface area (Å²) >= 11 is 3.58. The van der Waals surface area contributed by atoms with E-state index in [1.807, 2.05) is 12.1 Å². The molecular weight excluding hydrogens is 332 g/mol. The van der Waals surface area contributed by atoms with Gasteiger partial charge in [0.2, 0.25) is 0 Å². The first-order valence-corrected chi connectivity index (χ1v) is 8.06. The summed E-state index contributed by atoms with van der Waals surface area (Å²) in [4.78, 5) is 12.5. The van der Waals surface area contributed by atoms with Crippen LogP contribution in [0.15, 0.2) is 33.5 Å². The van der Waals surface area contributed by atoms with Crippen molar-refractivity contribution in [3.8, 4) is 0 Å². The van der Waals surface area contributed by atoms with Gasteiger partial charge in [0.15, 0.2) is 0 Å². The Balaban J connectivity index is 1.56. The lowest BCUT2D eigenvalue weighted by Gasteiger charge is -2.14. The van der Waals surface area contributed by atoms with Gasteiger partial charge < -0.3 is 9.84 Å². The molecule has 0 spiro atoms. The van der Waals surface area contributed by atoms with Crippen LogP contribution < -0.4 is 5.32 Å². The van der Waals surface area contributed by atoms with Crippen LogP contribution in [0, 0.1) is 0 Å². The minimum Gasteiger partial charge on any atom is -0.364 e. The van der Waals surface area contributed by atoms with Crippen LogP contribution in [0.2, 0.25) is 0 Å². The Kier molecular flexibility index (Phi) is 3.10. The molecule has 1 aromatic carbocycles. The molecule has 2 aromatic rings. The summed E-state index contributed by atoms with van der Waals surface area (Å²) < 4.78 is 6.13. The van der Waals surface area contributed by atoms with Crippen molar-refractivity contribution >= 4 is 21.8 Å². The molecule has 1 aromatic heterocycles. The summed E-state index contributed by atoms with van der Waals surface area (Å²) in [5.41, 5.74) is 3.93. The minimum atomic E-state index is -0.0732. The Morgan fingerprint density at radius 1 is 1.33 bits per heavy atom. The molecule has 4 rings (SSSR count). The zero-order chi connectivity index (χ0) is 14.4.